The number of nitrogens with one attached hydrogen (secondary N) is 1. The fraction of sp³-hybridized carbons (Fsp3) is 0.370. The van der Waals surface area contributed by atoms with Crippen molar-refractivity contribution in [3.63, 3.8) is 0 Å². The van der Waals surface area contributed by atoms with Crippen molar-refractivity contribution in [2.75, 3.05) is 18.6 Å². The van der Waals surface area contributed by atoms with Crippen LogP contribution in [0.15, 0.2) is 42.0 Å². The van der Waals surface area contributed by atoms with Gasteiger partial charge in [0.2, 0.25) is 0 Å². The number of urea groups is 1. The first kappa shape index (κ1) is 26.3. The first-order valence-corrected chi connectivity index (χ1v) is 12.2. The maximum atomic E-state index is 13.1. The van der Waals surface area contributed by atoms with E-state index in [1.54, 1.807) is 30.3 Å². The van der Waals surface area contributed by atoms with E-state index >= 15 is 0 Å². The summed E-state index contributed by atoms with van der Waals surface area (Å²) in [6.45, 7) is 4.59. The van der Waals surface area contributed by atoms with Gasteiger partial charge < -0.3 is 9.47 Å². The number of benzene rings is 2. The third-order valence-corrected chi connectivity index (χ3v) is 6.18. The van der Waals surface area contributed by atoms with E-state index in [9.17, 15) is 14.4 Å². The molecule has 1 heterocycles. The Balaban J connectivity index is 1.75. The Bertz CT molecular complexity index is 1130. The predicted octanol–water partition coefficient (Wildman–Crippen LogP) is 6.06. The maximum Gasteiger partial charge on any atom is 0.335 e. The second-order valence-electron chi connectivity index (χ2n) is 8.42. The largest absolute Gasteiger partial charge is 0.493 e. The number of anilines is 1. The van der Waals surface area contributed by atoms with E-state index in [0.29, 0.717) is 28.7 Å². The lowest BCUT2D eigenvalue weighted by molar-refractivity contribution is -0.122. The van der Waals surface area contributed by atoms with E-state index in [2.05, 4.69) is 12.2 Å². The van der Waals surface area contributed by atoms with E-state index in [1.807, 2.05) is 6.92 Å². The molecule has 1 saturated heterocycles. The van der Waals surface area contributed by atoms with Gasteiger partial charge in [0, 0.05) is 5.02 Å². The molecule has 0 aromatic heterocycles. The second-order valence-corrected chi connectivity index (χ2v) is 8.83. The molecule has 2 aromatic carbocycles. The molecule has 0 unspecified atom stereocenters. The number of hydrogen-bond donors (Lipinski definition) is 1. The average Bonchev–Trinajstić information content (AvgIpc) is 2.83. The molecule has 1 N–H and O–H groups in total. The molecule has 186 valence electrons. The lowest BCUT2D eigenvalue weighted by atomic mass is 10.1. The van der Waals surface area contributed by atoms with E-state index in [4.69, 9.17) is 21.1 Å². The molecule has 1 fully saturated rings. The summed E-state index contributed by atoms with van der Waals surface area (Å²) in [5.74, 6) is -0.418. The highest BCUT2D eigenvalue weighted by molar-refractivity contribution is 6.39. The van der Waals surface area contributed by atoms with Gasteiger partial charge in [0.05, 0.1) is 19.4 Å². The zero-order valence-corrected chi connectivity index (χ0v) is 21.1. The molecule has 0 saturated carbocycles. The summed E-state index contributed by atoms with van der Waals surface area (Å²) in [6.07, 6.45) is 8.42. The van der Waals surface area contributed by atoms with Gasteiger partial charge in [-0.3, -0.25) is 14.9 Å². The van der Waals surface area contributed by atoms with Crippen LogP contribution in [0.1, 0.15) is 56.6 Å². The molecule has 4 amide bonds. The minimum Gasteiger partial charge on any atom is -0.493 e. The van der Waals surface area contributed by atoms with Crippen LogP contribution in [0, 0.1) is 6.92 Å². The number of methoxy groups -OCH3 is 1. The van der Waals surface area contributed by atoms with Crippen LogP contribution in [-0.4, -0.2) is 31.6 Å². The monoisotopic (exact) mass is 498 g/mol. The predicted molar refractivity (Wildman–Crippen MR) is 137 cm³/mol. The quantitative estimate of drug-likeness (QED) is 0.231. The number of unbranched alkanes of at least 4 members (excludes halogenated alkanes) is 5. The summed E-state index contributed by atoms with van der Waals surface area (Å²) < 4.78 is 11.3. The first-order valence-electron chi connectivity index (χ1n) is 11.8. The van der Waals surface area contributed by atoms with E-state index < -0.39 is 17.8 Å². The number of imide groups is 2. The Labute approximate surface area is 211 Å². The van der Waals surface area contributed by atoms with Gasteiger partial charge in [-0.05, 0) is 54.8 Å². The number of aryl methyl sites for hydroxylation is 1. The lowest BCUT2D eigenvalue weighted by Gasteiger charge is -2.26. The summed E-state index contributed by atoms with van der Waals surface area (Å²) >= 11 is 6.17. The molecule has 0 bridgehead atoms. The Morgan fingerprint density at radius 3 is 2.43 bits per heavy atom. The van der Waals surface area contributed by atoms with E-state index in [-0.39, 0.29) is 11.3 Å². The number of carbonyl (C=O) groups is 3. The topological polar surface area (TPSA) is 84.9 Å². The highest BCUT2D eigenvalue weighted by Crippen LogP contribution is 2.31. The van der Waals surface area contributed by atoms with Crippen molar-refractivity contribution < 1.29 is 23.9 Å². The summed E-state index contributed by atoms with van der Waals surface area (Å²) in [4.78, 5) is 38.9. The molecule has 0 spiro atoms. The normalized spacial score (nSPS) is 14.9. The van der Waals surface area contributed by atoms with Crippen LogP contribution in [0.2, 0.25) is 5.02 Å². The van der Waals surface area contributed by atoms with Gasteiger partial charge >= 0.3 is 6.03 Å². The SMILES string of the molecule is CCCCCCCCOc1ccc(C=C2C(=O)NC(=O)N(c3ccc(C)c(Cl)c3)C2=O)cc1OC. The van der Waals surface area contributed by atoms with Gasteiger partial charge in [-0.15, -0.1) is 0 Å². The van der Waals surface area contributed by atoms with Gasteiger partial charge in [-0.1, -0.05) is 62.8 Å². The van der Waals surface area contributed by atoms with Gasteiger partial charge in [0.15, 0.2) is 11.5 Å². The number of ether oxygens (including phenoxy) is 2. The molecule has 0 aliphatic carbocycles. The number of nitrogens with zero attached hydrogens (tertiary/aromatic N) is 1. The molecular weight excluding hydrogens is 468 g/mol. The zero-order valence-electron chi connectivity index (χ0n) is 20.4. The highest BCUT2D eigenvalue weighted by Gasteiger charge is 2.37. The number of rotatable bonds is 11. The van der Waals surface area contributed by atoms with Crippen molar-refractivity contribution in [2.45, 2.75) is 52.4 Å². The van der Waals surface area contributed by atoms with Crippen LogP contribution in [0.4, 0.5) is 10.5 Å². The molecule has 0 radical (unpaired) electrons. The summed E-state index contributed by atoms with van der Waals surface area (Å²) in [5.41, 5.74) is 1.46. The molecule has 7 nitrogen and oxygen atoms in total. The number of carbonyl (C=O) groups excluding carboxylic acids is 3. The Kier molecular flexibility index (Phi) is 9.32. The van der Waals surface area contributed by atoms with Crippen LogP contribution < -0.4 is 19.7 Å². The van der Waals surface area contributed by atoms with Crippen molar-refractivity contribution in [1.82, 2.24) is 5.32 Å². The molecule has 1 aliphatic heterocycles. The molecule has 2 aromatic rings. The van der Waals surface area contributed by atoms with E-state index in [1.165, 1.54) is 44.9 Å². The van der Waals surface area contributed by atoms with Gasteiger partial charge in [-0.2, -0.15) is 0 Å². The Hall–Kier alpha value is -3.32. The van der Waals surface area contributed by atoms with Crippen LogP contribution in [0.3, 0.4) is 0 Å². The molecule has 1 aliphatic rings. The average molecular weight is 499 g/mol. The van der Waals surface area contributed by atoms with Gasteiger partial charge in [-0.25, -0.2) is 9.69 Å². The van der Waals surface area contributed by atoms with Crippen LogP contribution in [0.5, 0.6) is 11.5 Å². The Morgan fingerprint density at radius 1 is 0.971 bits per heavy atom. The number of amides is 4. The molecule has 8 heteroatoms. The maximum absolute atomic E-state index is 13.1. The summed E-state index contributed by atoms with van der Waals surface area (Å²) in [5, 5.41) is 2.62. The van der Waals surface area contributed by atoms with Crippen molar-refractivity contribution in [3.05, 3.63) is 58.1 Å². The summed E-state index contributed by atoms with van der Waals surface area (Å²) in [7, 11) is 1.53. The zero-order chi connectivity index (χ0) is 25.4. The van der Waals surface area contributed by atoms with Crippen LogP contribution in [0.25, 0.3) is 6.08 Å². The van der Waals surface area contributed by atoms with Crippen molar-refractivity contribution in [2.24, 2.45) is 0 Å². The first-order chi connectivity index (χ1) is 16.8. The number of barbiturate groups is 1. The third kappa shape index (κ3) is 6.63. The molecule has 3 rings (SSSR count). The Morgan fingerprint density at radius 2 is 1.71 bits per heavy atom. The van der Waals surface area contributed by atoms with Crippen molar-refractivity contribution in [3.8, 4) is 11.5 Å². The van der Waals surface area contributed by atoms with E-state index in [0.717, 1.165) is 23.3 Å². The third-order valence-electron chi connectivity index (χ3n) is 5.77. The summed E-state index contributed by atoms with van der Waals surface area (Å²) in [6, 6.07) is 9.16. The molecule has 0 atom stereocenters. The minimum absolute atomic E-state index is 0.177. The standard InChI is InChI=1S/C27H31ClN2O5/c1-4-5-6-7-8-9-14-35-23-13-11-19(16-24(23)34-3)15-21-25(31)29-27(33)30(26(21)32)20-12-10-18(2)22(28)17-20/h10-13,15-17H,4-9,14H2,1-3H3,(H,29,31,33). The highest BCUT2D eigenvalue weighted by atomic mass is 35.5. The molecular formula is C27H31ClN2O5. The van der Waals surface area contributed by atoms with Crippen molar-refractivity contribution in [1.29, 1.82) is 0 Å². The second kappa shape index (κ2) is 12.4. The fourth-order valence-electron chi connectivity index (χ4n) is 3.74. The van der Waals surface area contributed by atoms with Crippen LogP contribution in [-0.2, 0) is 9.59 Å². The van der Waals surface area contributed by atoms with Gasteiger partial charge in [0.1, 0.15) is 5.57 Å². The van der Waals surface area contributed by atoms with Gasteiger partial charge in [0.25, 0.3) is 11.8 Å². The number of halogens is 1. The minimum atomic E-state index is -0.826. The lowest BCUT2D eigenvalue weighted by Crippen LogP contribution is -2.54. The fourth-order valence-corrected chi connectivity index (χ4v) is 3.91. The smallest absolute Gasteiger partial charge is 0.335 e. The molecule has 35 heavy (non-hydrogen) atoms. The number of hydrogen-bond acceptors (Lipinski definition) is 5. The van der Waals surface area contributed by atoms with Crippen molar-refractivity contribution >= 4 is 41.2 Å². The van der Waals surface area contributed by atoms with Crippen LogP contribution >= 0.6 is 11.6 Å².